The van der Waals surface area contributed by atoms with E-state index in [4.69, 9.17) is 21.1 Å². The lowest BCUT2D eigenvalue weighted by Gasteiger charge is -2.08. The first-order chi connectivity index (χ1) is 9.58. The van der Waals surface area contributed by atoms with Gasteiger partial charge in [-0.15, -0.1) is 0 Å². The number of rotatable bonds is 5. The summed E-state index contributed by atoms with van der Waals surface area (Å²) in [5.74, 6) is 0.110. The fourth-order valence-electron chi connectivity index (χ4n) is 1.42. The summed E-state index contributed by atoms with van der Waals surface area (Å²) in [5, 5.41) is 0.210. The van der Waals surface area contributed by atoms with Crippen molar-refractivity contribution in [1.29, 1.82) is 0 Å². The maximum Gasteiger partial charge on any atom is 0.224 e. The highest BCUT2D eigenvalue weighted by Crippen LogP contribution is 2.26. The monoisotopic (exact) mass is 360 g/mol. The summed E-state index contributed by atoms with van der Waals surface area (Å²) >= 11 is 9.05. The molecule has 0 saturated heterocycles. The van der Waals surface area contributed by atoms with E-state index >= 15 is 0 Å². The molecule has 0 fully saturated rings. The Balaban J connectivity index is 2.21. The van der Waals surface area contributed by atoms with Gasteiger partial charge < -0.3 is 9.47 Å². The van der Waals surface area contributed by atoms with Gasteiger partial charge in [-0.25, -0.2) is 9.37 Å². The fraction of sp³-hybridized carbons (Fsp3) is 0.231. The molecule has 0 spiro atoms. The van der Waals surface area contributed by atoms with Crippen molar-refractivity contribution in [3.8, 4) is 11.6 Å². The second kappa shape index (κ2) is 6.97. The van der Waals surface area contributed by atoms with Crippen LogP contribution >= 0.6 is 27.5 Å². The van der Waals surface area contributed by atoms with E-state index < -0.39 is 5.82 Å². The molecule has 20 heavy (non-hydrogen) atoms. The van der Waals surface area contributed by atoms with E-state index in [0.29, 0.717) is 16.9 Å². The van der Waals surface area contributed by atoms with Crippen molar-refractivity contribution in [2.24, 2.45) is 0 Å². The van der Waals surface area contributed by atoms with E-state index in [1.807, 2.05) is 6.92 Å². The lowest BCUT2D eigenvalue weighted by atomic mass is 10.3. The van der Waals surface area contributed by atoms with Gasteiger partial charge in [0.1, 0.15) is 11.8 Å². The summed E-state index contributed by atoms with van der Waals surface area (Å²) in [6, 6.07) is 5.89. The van der Waals surface area contributed by atoms with Gasteiger partial charge in [-0.1, -0.05) is 27.5 Å². The van der Waals surface area contributed by atoms with E-state index in [0.717, 1.165) is 0 Å². The lowest BCUT2D eigenvalue weighted by Crippen LogP contribution is -2.01. The molecule has 0 amide bonds. The molecular formula is C13H11BrClFN2O2. The smallest absolute Gasteiger partial charge is 0.224 e. The van der Waals surface area contributed by atoms with Crippen LogP contribution < -0.4 is 4.74 Å². The van der Waals surface area contributed by atoms with Crippen LogP contribution in [0.1, 0.15) is 12.7 Å². The molecule has 7 heteroatoms. The minimum atomic E-state index is -0.500. The van der Waals surface area contributed by atoms with Crippen molar-refractivity contribution in [2.75, 3.05) is 6.61 Å². The average molecular weight is 362 g/mol. The lowest BCUT2D eigenvalue weighted by molar-refractivity contribution is 0.127. The number of ether oxygens (including phenoxy) is 2. The summed E-state index contributed by atoms with van der Waals surface area (Å²) in [6.07, 6.45) is 0. The van der Waals surface area contributed by atoms with Crippen molar-refractivity contribution in [3.05, 3.63) is 45.5 Å². The summed E-state index contributed by atoms with van der Waals surface area (Å²) in [4.78, 5) is 8.11. The summed E-state index contributed by atoms with van der Waals surface area (Å²) < 4.78 is 24.9. The number of aromatic nitrogens is 2. The van der Waals surface area contributed by atoms with E-state index in [-0.39, 0.29) is 23.4 Å². The SMILES string of the molecule is CCOCc1nc(Cl)cc(Oc2ccc(Br)cc2F)n1. The maximum atomic E-state index is 13.7. The predicted molar refractivity (Wildman–Crippen MR) is 76.5 cm³/mol. The zero-order valence-electron chi connectivity index (χ0n) is 10.6. The van der Waals surface area contributed by atoms with Crippen LogP contribution in [-0.2, 0) is 11.3 Å². The number of halogens is 3. The van der Waals surface area contributed by atoms with Gasteiger partial charge in [0.05, 0.1) is 0 Å². The quantitative estimate of drug-likeness (QED) is 0.742. The van der Waals surface area contributed by atoms with Crippen LogP contribution in [0.5, 0.6) is 11.6 Å². The minimum Gasteiger partial charge on any atom is -0.436 e. The molecule has 0 aliphatic heterocycles. The molecule has 1 aromatic heterocycles. The molecule has 0 radical (unpaired) electrons. The largest absolute Gasteiger partial charge is 0.436 e. The highest BCUT2D eigenvalue weighted by Gasteiger charge is 2.09. The summed E-state index contributed by atoms with van der Waals surface area (Å²) in [7, 11) is 0. The first-order valence-electron chi connectivity index (χ1n) is 5.82. The predicted octanol–water partition coefficient (Wildman–Crippen LogP) is 4.36. The molecule has 0 aliphatic rings. The first kappa shape index (κ1) is 15.2. The number of hydrogen-bond donors (Lipinski definition) is 0. The second-order valence-electron chi connectivity index (χ2n) is 3.76. The Hall–Kier alpha value is -1.24. The molecule has 0 atom stereocenters. The Kier molecular flexibility index (Phi) is 5.28. The molecule has 0 bridgehead atoms. The Labute approximate surface area is 129 Å². The third-order valence-corrected chi connectivity index (χ3v) is 2.95. The molecule has 106 valence electrons. The normalized spacial score (nSPS) is 10.6. The Morgan fingerprint density at radius 2 is 2.10 bits per heavy atom. The van der Waals surface area contributed by atoms with Gasteiger partial charge in [0, 0.05) is 17.1 Å². The zero-order valence-corrected chi connectivity index (χ0v) is 12.9. The van der Waals surface area contributed by atoms with Gasteiger partial charge in [0.2, 0.25) is 5.88 Å². The van der Waals surface area contributed by atoms with Crippen LogP contribution in [0.25, 0.3) is 0 Å². The van der Waals surface area contributed by atoms with Crippen LogP contribution in [-0.4, -0.2) is 16.6 Å². The third kappa shape index (κ3) is 4.13. The van der Waals surface area contributed by atoms with Gasteiger partial charge >= 0.3 is 0 Å². The highest BCUT2D eigenvalue weighted by molar-refractivity contribution is 9.10. The average Bonchev–Trinajstić information content (AvgIpc) is 2.39. The molecule has 1 heterocycles. The number of benzene rings is 1. The molecule has 0 N–H and O–H groups in total. The molecule has 4 nitrogen and oxygen atoms in total. The summed E-state index contributed by atoms with van der Waals surface area (Å²) in [6.45, 7) is 2.61. The minimum absolute atomic E-state index is 0.0605. The highest BCUT2D eigenvalue weighted by atomic mass is 79.9. The van der Waals surface area contributed by atoms with Crippen LogP contribution in [0.2, 0.25) is 5.15 Å². The van der Waals surface area contributed by atoms with Crippen molar-refractivity contribution >= 4 is 27.5 Å². The Morgan fingerprint density at radius 3 is 2.80 bits per heavy atom. The summed E-state index contributed by atoms with van der Waals surface area (Å²) in [5.41, 5.74) is 0. The van der Waals surface area contributed by atoms with E-state index in [9.17, 15) is 4.39 Å². The van der Waals surface area contributed by atoms with Crippen LogP contribution in [0.4, 0.5) is 4.39 Å². The third-order valence-electron chi connectivity index (χ3n) is 2.26. The fourth-order valence-corrected chi connectivity index (χ4v) is 1.95. The van der Waals surface area contributed by atoms with Crippen LogP contribution in [0.3, 0.4) is 0 Å². The topological polar surface area (TPSA) is 44.2 Å². The van der Waals surface area contributed by atoms with Crippen molar-refractivity contribution in [3.63, 3.8) is 0 Å². The van der Waals surface area contributed by atoms with Crippen molar-refractivity contribution < 1.29 is 13.9 Å². The number of nitrogens with zero attached hydrogens (tertiary/aromatic N) is 2. The molecule has 0 unspecified atom stereocenters. The zero-order chi connectivity index (χ0) is 14.5. The maximum absolute atomic E-state index is 13.7. The Morgan fingerprint density at radius 1 is 1.30 bits per heavy atom. The van der Waals surface area contributed by atoms with Gasteiger partial charge in [-0.3, -0.25) is 0 Å². The van der Waals surface area contributed by atoms with Crippen molar-refractivity contribution in [1.82, 2.24) is 9.97 Å². The van der Waals surface area contributed by atoms with Gasteiger partial charge in [-0.2, -0.15) is 4.98 Å². The van der Waals surface area contributed by atoms with E-state index in [2.05, 4.69) is 25.9 Å². The molecular weight excluding hydrogens is 351 g/mol. The molecule has 0 saturated carbocycles. The molecule has 0 aliphatic carbocycles. The standard InChI is InChI=1S/C13H11BrClFN2O2/c1-2-19-7-12-17-11(15)6-13(18-12)20-10-4-3-8(14)5-9(10)16/h3-6H,2,7H2,1H3. The van der Waals surface area contributed by atoms with E-state index in [1.54, 1.807) is 6.07 Å². The molecule has 2 rings (SSSR count). The van der Waals surface area contributed by atoms with Crippen LogP contribution in [0, 0.1) is 5.82 Å². The van der Waals surface area contributed by atoms with Gasteiger partial charge in [-0.05, 0) is 25.1 Å². The number of hydrogen-bond acceptors (Lipinski definition) is 4. The first-order valence-corrected chi connectivity index (χ1v) is 6.99. The Bertz CT molecular complexity index is 613. The van der Waals surface area contributed by atoms with Crippen LogP contribution in [0.15, 0.2) is 28.7 Å². The molecule has 1 aromatic carbocycles. The second-order valence-corrected chi connectivity index (χ2v) is 5.06. The van der Waals surface area contributed by atoms with Crippen molar-refractivity contribution in [2.45, 2.75) is 13.5 Å². The molecule has 2 aromatic rings. The van der Waals surface area contributed by atoms with Gasteiger partial charge in [0.15, 0.2) is 17.4 Å². The van der Waals surface area contributed by atoms with Gasteiger partial charge in [0.25, 0.3) is 0 Å². The van der Waals surface area contributed by atoms with E-state index in [1.165, 1.54) is 18.2 Å².